The summed E-state index contributed by atoms with van der Waals surface area (Å²) in [7, 11) is 0. The molecule has 0 bridgehead atoms. The summed E-state index contributed by atoms with van der Waals surface area (Å²) in [5.74, 6) is 0.948. The van der Waals surface area contributed by atoms with Crippen LogP contribution >= 0.6 is 34.5 Å². The van der Waals surface area contributed by atoms with Crippen LogP contribution in [0.5, 0.6) is 5.75 Å². The molecule has 0 saturated carbocycles. The summed E-state index contributed by atoms with van der Waals surface area (Å²) >= 11 is 14.1. The number of carboxylic acid groups (broad SMARTS) is 1. The molecule has 5 nitrogen and oxygen atoms in total. The maximum Gasteiger partial charge on any atom is 0.290 e. The summed E-state index contributed by atoms with van der Waals surface area (Å²) < 4.78 is 7.44. The van der Waals surface area contributed by atoms with Gasteiger partial charge in [0.25, 0.3) is 6.47 Å². The molecule has 1 aliphatic rings. The van der Waals surface area contributed by atoms with Gasteiger partial charge in [-0.15, -0.1) is 11.3 Å². The Labute approximate surface area is 171 Å². The van der Waals surface area contributed by atoms with Crippen LogP contribution in [0.2, 0.25) is 10.0 Å². The van der Waals surface area contributed by atoms with Gasteiger partial charge in [0.15, 0.2) is 5.75 Å². The smallest absolute Gasteiger partial charge is 0.290 e. The van der Waals surface area contributed by atoms with Crippen LogP contribution in [0.3, 0.4) is 0 Å². The molecular formula is C19H20Cl2N2O3S. The van der Waals surface area contributed by atoms with E-state index in [-0.39, 0.29) is 12.6 Å². The van der Waals surface area contributed by atoms with Crippen molar-refractivity contribution >= 4 is 51.2 Å². The number of fused-ring (bicyclic) bond motifs is 1. The average molecular weight is 427 g/mol. The Balaban J connectivity index is 0.000000659. The molecule has 0 spiro atoms. The molecule has 0 radical (unpaired) electrons. The molecule has 8 heteroatoms. The van der Waals surface area contributed by atoms with E-state index < -0.39 is 0 Å². The molecule has 144 valence electrons. The normalized spacial score (nSPS) is 14.6. The molecule has 0 aliphatic carbocycles. The Kier molecular flexibility index (Phi) is 6.65. The summed E-state index contributed by atoms with van der Waals surface area (Å²) in [6, 6.07) is 5.66. The Bertz CT molecular complexity index is 912. The number of ether oxygens (including phenoxy) is 1. The fourth-order valence-corrected chi connectivity index (χ4v) is 4.87. The number of carbonyl (C=O) groups is 1. The van der Waals surface area contributed by atoms with Crippen molar-refractivity contribution in [3.8, 4) is 16.9 Å². The van der Waals surface area contributed by atoms with Gasteiger partial charge >= 0.3 is 0 Å². The van der Waals surface area contributed by atoms with Crippen LogP contribution in [-0.2, 0) is 4.79 Å². The van der Waals surface area contributed by atoms with E-state index in [1.54, 1.807) is 17.4 Å². The first-order valence-corrected chi connectivity index (χ1v) is 10.2. The number of rotatable bonds is 3. The first-order valence-electron chi connectivity index (χ1n) is 8.55. The second-order valence-electron chi connectivity index (χ2n) is 6.26. The van der Waals surface area contributed by atoms with Gasteiger partial charge in [-0.3, -0.25) is 4.79 Å². The summed E-state index contributed by atoms with van der Waals surface area (Å²) in [6.45, 7) is 3.87. The number of aromatic amines is 1. The minimum atomic E-state index is -0.250. The molecule has 3 aromatic rings. The monoisotopic (exact) mass is 426 g/mol. The Morgan fingerprint density at radius 2 is 1.85 bits per heavy atom. The molecule has 1 aromatic carbocycles. The van der Waals surface area contributed by atoms with Crippen molar-refractivity contribution in [2.45, 2.75) is 25.9 Å². The number of halogens is 2. The first-order chi connectivity index (χ1) is 13.0. The maximum atomic E-state index is 8.36. The van der Waals surface area contributed by atoms with Crippen LogP contribution in [0.4, 0.5) is 0 Å². The summed E-state index contributed by atoms with van der Waals surface area (Å²) in [5.41, 5.74) is 4.36. The molecular weight excluding hydrogens is 407 g/mol. The van der Waals surface area contributed by atoms with E-state index in [1.165, 1.54) is 4.70 Å². The zero-order valence-electron chi connectivity index (χ0n) is 14.7. The van der Waals surface area contributed by atoms with E-state index in [1.807, 2.05) is 12.1 Å². The highest BCUT2D eigenvalue weighted by atomic mass is 35.5. The highest BCUT2D eigenvalue weighted by Gasteiger charge is 2.20. The van der Waals surface area contributed by atoms with Gasteiger partial charge < -0.3 is 20.1 Å². The molecule has 3 heterocycles. The molecule has 0 amide bonds. The topological polar surface area (TPSA) is 74.3 Å². The number of piperidine rings is 1. The van der Waals surface area contributed by atoms with Crippen LogP contribution < -0.4 is 10.1 Å². The minimum Gasteiger partial charge on any atom is -0.487 e. The number of benzene rings is 1. The van der Waals surface area contributed by atoms with Gasteiger partial charge in [0.1, 0.15) is 6.10 Å². The summed E-state index contributed by atoms with van der Waals surface area (Å²) in [5, 5.41) is 13.6. The SMILES string of the molecule is Cc1[nH]c2c(OC3CCNCC3)csc2c1-c1cc(Cl)cc(Cl)c1.O=CO. The lowest BCUT2D eigenvalue weighted by Crippen LogP contribution is -2.34. The second kappa shape index (κ2) is 8.97. The molecule has 2 aromatic heterocycles. The van der Waals surface area contributed by atoms with E-state index in [0.717, 1.165) is 54.0 Å². The van der Waals surface area contributed by atoms with Crippen molar-refractivity contribution < 1.29 is 14.6 Å². The standard InChI is InChI=1S/C18H18Cl2N2OS.CH2O2/c1-10-16(11-6-12(19)8-13(20)7-11)18-17(22-10)15(9-24-18)23-14-2-4-21-5-3-14;2-1-3/h6-9,14,21-22H,2-5H2,1H3;1H,(H,2,3). The number of thiophene rings is 1. The van der Waals surface area contributed by atoms with Crippen molar-refractivity contribution in [1.82, 2.24) is 10.3 Å². The van der Waals surface area contributed by atoms with Crippen molar-refractivity contribution in [3.05, 3.63) is 39.3 Å². The van der Waals surface area contributed by atoms with Crippen LogP contribution in [0, 0.1) is 6.92 Å². The van der Waals surface area contributed by atoms with Crippen molar-refractivity contribution in [1.29, 1.82) is 0 Å². The molecule has 27 heavy (non-hydrogen) atoms. The number of hydrogen-bond acceptors (Lipinski definition) is 4. The van der Waals surface area contributed by atoms with Crippen LogP contribution in [0.1, 0.15) is 18.5 Å². The van der Waals surface area contributed by atoms with E-state index >= 15 is 0 Å². The Hall–Kier alpha value is -1.73. The highest BCUT2D eigenvalue weighted by Crippen LogP contribution is 2.42. The largest absolute Gasteiger partial charge is 0.487 e. The lowest BCUT2D eigenvalue weighted by molar-refractivity contribution is -0.122. The minimum absolute atomic E-state index is 0.250. The number of H-pyrrole nitrogens is 1. The fraction of sp³-hybridized carbons (Fsp3) is 0.316. The van der Waals surface area contributed by atoms with Crippen LogP contribution in [-0.4, -0.2) is 35.8 Å². The van der Waals surface area contributed by atoms with E-state index in [4.69, 9.17) is 37.8 Å². The molecule has 0 unspecified atom stereocenters. The van der Waals surface area contributed by atoms with Gasteiger partial charge in [-0.25, -0.2) is 0 Å². The van der Waals surface area contributed by atoms with E-state index in [2.05, 4.69) is 22.6 Å². The quantitative estimate of drug-likeness (QED) is 0.493. The lowest BCUT2D eigenvalue weighted by Gasteiger charge is -2.23. The van der Waals surface area contributed by atoms with Crippen LogP contribution in [0.25, 0.3) is 21.3 Å². The predicted molar refractivity (Wildman–Crippen MR) is 112 cm³/mol. The van der Waals surface area contributed by atoms with Gasteiger partial charge in [-0.2, -0.15) is 0 Å². The average Bonchev–Trinajstić information content (AvgIpc) is 3.14. The van der Waals surface area contributed by atoms with Gasteiger partial charge in [-0.05, 0) is 56.6 Å². The third-order valence-corrected chi connectivity index (χ3v) is 5.82. The van der Waals surface area contributed by atoms with Gasteiger partial charge in [0.2, 0.25) is 0 Å². The van der Waals surface area contributed by atoms with Gasteiger partial charge in [-0.1, -0.05) is 23.2 Å². The Morgan fingerprint density at radius 1 is 1.22 bits per heavy atom. The third kappa shape index (κ3) is 4.58. The number of aromatic nitrogens is 1. The molecule has 1 aliphatic heterocycles. The molecule has 1 fully saturated rings. The van der Waals surface area contributed by atoms with Crippen molar-refractivity contribution in [3.63, 3.8) is 0 Å². The van der Waals surface area contributed by atoms with E-state index in [0.29, 0.717) is 10.0 Å². The third-order valence-electron chi connectivity index (χ3n) is 4.40. The highest BCUT2D eigenvalue weighted by molar-refractivity contribution is 7.18. The predicted octanol–water partition coefficient (Wildman–Crippen LogP) is 5.34. The lowest BCUT2D eigenvalue weighted by atomic mass is 10.1. The Morgan fingerprint density at radius 3 is 2.48 bits per heavy atom. The molecule has 3 N–H and O–H groups in total. The molecule has 4 rings (SSSR count). The van der Waals surface area contributed by atoms with Crippen LogP contribution in [0.15, 0.2) is 23.6 Å². The number of aryl methyl sites for hydroxylation is 1. The summed E-state index contributed by atoms with van der Waals surface area (Å²) in [6.07, 6.45) is 2.39. The zero-order chi connectivity index (χ0) is 19.4. The summed E-state index contributed by atoms with van der Waals surface area (Å²) in [4.78, 5) is 11.8. The number of hydrogen-bond donors (Lipinski definition) is 3. The van der Waals surface area contributed by atoms with Gasteiger partial charge in [0.05, 0.1) is 10.2 Å². The fourth-order valence-electron chi connectivity index (χ4n) is 3.29. The zero-order valence-corrected chi connectivity index (χ0v) is 17.0. The van der Waals surface area contributed by atoms with Crippen molar-refractivity contribution in [2.75, 3.05) is 13.1 Å². The van der Waals surface area contributed by atoms with E-state index in [9.17, 15) is 0 Å². The molecule has 1 saturated heterocycles. The number of nitrogens with one attached hydrogen (secondary N) is 2. The molecule has 0 atom stereocenters. The van der Waals surface area contributed by atoms with Gasteiger partial charge in [0, 0.05) is 26.7 Å². The first kappa shape index (κ1) is 20.0. The van der Waals surface area contributed by atoms with Crippen molar-refractivity contribution in [2.24, 2.45) is 0 Å². The second-order valence-corrected chi connectivity index (χ2v) is 8.01. The maximum absolute atomic E-state index is 8.36.